The van der Waals surface area contributed by atoms with E-state index in [1.54, 1.807) is 49.3 Å². The summed E-state index contributed by atoms with van der Waals surface area (Å²) < 4.78 is 5.18. The highest BCUT2D eigenvalue weighted by atomic mass is 32.2. The third-order valence-electron chi connectivity index (χ3n) is 5.96. The van der Waals surface area contributed by atoms with Crippen LogP contribution in [0.5, 0.6) is 5.75 Å². The zero-order valence-electron chi connectivity index (χ0n) is 20.7. The molecule has 190 valence electrons. The van der Waals surface area contributed by atoms with Crippen LogP contribution < -0.4 is 15.4 Å². The van der Waals surface area contributed by atoms with E-state index in [-0.39, 0.29) is 17.7 Å². The Kier molecular flexibility index (Phi) is 8.16. The minimum atomic E-state index is -0.455. The topological polar surface area (TPSA) is 112 Å². The Morgan fingerprint density at radius 2 is 1.95 bits per heavy atom. The molecule has 37 heavy (non-hydrogen) atoms. The van der Waals surface area contributed by atoms with Crippen LogP contribution in [0.15, 0.2) is 53.4 Å². The van der Waals surface area contributed by atoms with Crippen molar-refractivity contribution in [3.05, 3.63) is 70.1 Å². The predicted molar refractivity (Wildman–Crippen MR) is 145 cm³/mol. The molecule has 3 amide bonds. The first kappa shape index (κ1) is 26.3. The van der Waals surface area contributed by atoms with Crippen molar-refractivity contribution in [1.29, 1.82) is 5.26 Å². The van der Waals surface area contributed by atoms with Gasteiger partial charge < -0.3 is 20.3 Å². The van der Waals surface area contributed by atoms with Crippen molar-refractivity contribution in [2.45, 2.75) is 37.0 Å². The highest BCUT2D eigenvalue weighted by Crippen LogP contribution is 2.37. The van der Waals surface area contributed by atoms with E-state index in [1.807, 2.05) is 18.2 Å². The van der Waals surface area contributed by atoms with E-state index in [0.29, 0.717) is 47.1 Å². The normalized spacial score (nSPS) is 13.2. The van der Waals surface area contributed by atoms with Gasteiger partial charge in [-0.15, -0.1) is 23.1 Å². The van der Waals surface area contributed by atoms with Gasteiger partial charge in [-0.05, 0) is 55.3 Å². The average Bonchev–Trinajstić information content (AvgIpc) is 3.24. The van der Waals surface area contributed by atoms with Crippen LogP contribution >= 0.6 is 23.1 Å². The number of nitriles is 1. The second kappa shape index (κ2) is 11.5. The lowest BCUT2D eigenvalue weighted by Crippen LogP contribution is -2.33. The van der Waals surface area contributed by atoms with Crippen LogP contribution in [0, 0.1) is 11.3 Å². The third-order valence-corrected chi connectivity index (χ3v) is 8.18. The molecule has 0 saturated carbocycles. The molecule has 1 aliphatic heterocycles. The minimum absolute atomic E-state index is 0.00456. The van der Waals surface area contributed by atoms with E-state index >= 15 is 0 Å². The Bertz CT molecular complexity index is 1400. The van der Waals surface area contributed by atoms with E-state index in [1.165, 1.54) is 30.0 Å². The fraction of sp³-hybridized carbons (Fsp3) is 0.259. The number of carbonyl (C=O) groups is 3. The number of thioether (sulfide) groups is 1. The molecular weight excluding hydrogens is 508 g/mol. The summed E-state index contributed by atoms with van der Waals surface area (Å²) >= 11 is 2.71. The van der Waals surface area contributed by atoms with Crippen molar-refractivity contribution in [3.63, 3.8) is 0 Å². The fourth-order valence-corrected chi connectivity index (χ4v) is 6.11. The van der Waals surface area contributed by atoms with Gasteiger partial charge in [-0.1, -0.05) is 12.1 Å². The first-order chi connectivity index (χ1) is 17.8. The predicted octanol–water partition coefficient (Wildman–Crippen LogP) is 4.90. The summed E-state index contributed by atoms with van der Waals surface area (Å²) in [5, 5.41) is 15.6. The Hall–Kier alpha value is -3.81. The summed E-state index contributed by atoms with van der Waals surface area (Å²) in [5.74, 6) is 0.101. The molecule has 2 heterocycles. The Morgan fingerprint density at radius 3 is 2.68 bits per heavy atom. The van der Waals surface area contributed by atoms with Crippen molar-refractivity contribution in [1.82, 2.24) is 4.90 Å². The van der Waals surface area contributed by atoms with Crippen LogP contribution in [0.4, 0.5) is 10.7 Å². The molecular formula is C27H26N4O4S2. The van der Waals surface area contributed by atoms with E-state index in [0.717, 1.165) is 15.3 Å². The second-order valence-corrected chi connectivity index (χ2v) is 11.0. The van der Waals surface area contributed by atoms with Crippen molar-refractivity contribution < 1.29 is 19.1 Å². The van der Waals surface area contributed by atoms with Crippen molar-refractivity contribution in [2.75, 3.05) is 24.3 Å². The lowest BCUT2D eigenvalue weighted by Gasteiger charge is -2.25. The number of rotatable bonds is 7. The molecule has 0 saturated heterocycles. The minimum Gasteiger partial charge on any atom is -0.497 e. The summed E-state index contributed by atoms with van der Waals surface area (Å²) in [7, 11) is 1.55. The molecule has 0 fully saturated rings. The van der Waals surface area contributed by atoms with Gasteiger partial charge in [0.25, 0.3) is 5.91 Å². The number of nitrogens with one attached hydrogen (secondary N) is 2. The number of nitrogens with zero attached hydrogens (tertiary/aromatic N) is 2. The molecule has 1 aromatic heterocycles. The summed E-state index contributed by atoms with van der Waals surface area (Å²) in [6.07, 6.45) is 0.600. The van der Waals surface area contributed by atoms with Crippen LogP contribution in [-0.4, -0.2) is 41.5 Å². The maximum atomic E-state index is 13.0. The van der Waals surface area contributed by atoms with Crippen molar-refractivity contribution in [3.8, 4) is 11.8 Å². The van der Waals surface area contributed by atoms with Crippen LogP contribution in [-0.2, 0) is 22.6 Å². The zero-order chi connectivity index (χ0) is 26.5. The van der Waals surface area contributed by atoms with Crippen LogP contribution in [0.3, 0.4) is 0 Å². The van der Waals surface area contributed by atoms with E-state index < -0.39 is 5.25 Å². The number of hydrogen-bond donors (Lipinski definition) is 2. The number of benzene rings is 2. The first-order valence-corrected chi connectivity index (χ1v) is 13.3. The average molecular weight is 535 g/mol. The number of carbonyl (C=O) groups excluding carboxylic acids is 3. The van der Waals surface area contributed by atoms with Gasteiger partial charge in [-0.2, -0.15) is 5.26 Å². The van der Waals surface area contributed by atoms with Gasteiger partial charge in [0.1, 0.15) is 16.8 Å². The monoisotopic (exact) mass is 534 g/mol. The first-order valence-electron chi connectivity index (χ1n) is 11.6. The van der Waals surface area contributed by atoms with E-state index in [9.17, 15) is 19.6 Å². The zero-order valence-corrected chi connectivity index (χ0v) is 22.3. The van der Waals surface area contributed by atoms with Crippen molar-refractivity contribution >= 4 is 51.5 Å². The smallest absolute Gasteiger partial charge is 0.255 e. The molecule has 1 aliphatic rings. The Labute approximate surface area is 223 Å². The molecule has 1 atom stereocenters. The van der Waals surface area contributed by atoms with Crippen LogP contribution in [0.2, 0.25) is 0 Å². The van der Waals surface area contributed by atoms with Crippen molar-refractivity contribution in [2.24, 2.45) is 0 Å². The SMILES string of the molecule is COc1cccc(C(=O)Nc2cccc(SC(C)C(=O)Nc3sc4c(c3C#N)CCN(C(C)=O)C4)c2)c1. The van der Waals surface area contributed by atoms with Gasteiger partial charge in [0, 0.05) is 34.5 Å². The highest BCUT2D eigenvalue weighted by molar-refractivity contribution is 8.00. The lowest BCUT2D eigenvalue weighted by molar-refractivity contribution is -0.129. The standard InChI is InChI=1S/C27H26N4O4S2/c1-16(25(33)30-27-23(14-28)22-10-11-31(17(2)32)15-24(22)37-27)36-21-9-5-7-19(13-21)29-26(34)18-6-4-8-20(12-18)35-3/h4-9,12-13,16H,10-11,15H2,1-3H3,(H,29,34)(H,30,33). The maximum Gasteiger partial charge on any atom is 0.255 e. The third kappa shape index (κ3) is 6.13. The second-order valence-electron chi connectivity index (χ2n) is 8.47. The summed E-state index contributed by atoms with van der Waals surface area (Å²) in [6, 6.07) is 16.4. The molecule has 3 aromatic rings. The van der Waals surface area contributed by atoms with Gasteiger partial charge in [-0.3, -0.25) is 14.4 Å². The van der Waals surface area contributed by atoms with Gasteiger partial charge in [-0.25, -0.2) is 0 Å². The number of anilines is 2. The molecule has 2 N–H and O–H groups in total. The molecule has 0 radical (unpaired) electrons. The van der Waals surface area contributed by atoms with Gasteiger partial charge in [0.2, 0.25) is 11.8 Å². The lowest BCUT2D eigenvalue weighted by atomic mass is 10.0. The number of hydrogen-bond acceptors (Lipinski definition) is 7. The van der Waals surface area contributed by atoms with Crippen LogP contribution in [0.25, 0.3) is 0 Å². The molecule has 0 aliphatic carbocycles. The molecule has 1 unspecified atom stereocenters. The molecule has 8 nitrogen and oxygen atoms in total. The number of amides is 3. The summed E-state index contributed by atoms with van der Waals surface area (Å²) in [5.41, 5.74) is 2.48. The quantitative estimate of drug-likeness (QED) is 0.417. The largest absolute Gasteiger partial charge is 0.497 e. The molecule has 2 aromatic carbocycles. The molecule has 0 spiro atoms. The number of fused-ring (bicyclic) bond motifs is 1. The highest BCUT2D eigenvalue weighted by Gasteiger charge is 2.27. The molecule has 4 rings (SSSR count). The van der Waals surface area contributed by atoms with E-state index in [2.05, 4.69) is 16.7 Å². The van der Waals surface area contributed by atoms with E-state index in [4.69, 9.17) is 4.74 Å². The molecule has 0 bridgehead atoms. The van der Waals surface area contributed by atoms with Crippen LogP contribution in [0.1, 0.15) is 40.2 Å². The molecule has 10 heteroatoms. The number of methoxy groups -OCH3 is 1. The van der Waals surface area contributed by atoms with Gasteiger partial charge in [0.15, 0.2) is 0 Å². The summed E-state index contributed by atoms with van der Waals surface area (Å²) in [6.45, 7) is 4.35. The number of thiophene rings is 1. The van der Waals surface area contributed by atoms with Gasteiger partial charge >= 0.3 is 0 Å². The Balaban J connectivity index is 1.41. The van der Waals surface area contributed by atoms with Gasteiger partial charge in [0.05, 0.1) is 24.5 Å². The Morgan fingerprint density at radius 1 is 1.16 bits per heavy atom. The fourth-order valence-electron chi connectivity index (χ4n) is 3.96. The summed E-state index contributed by atoms with van der Waals surface area (Å²) in [4.78, 5) is 40.9. The number of ether oxygens (including phenoxy) is 1. The maximum absolute atomic E-state index is 13.0.